The molecule has 1 unspecified atom stereocenters. The number of carbonyl (C=O) groups is 1. The number of nitriles is 1. The second-order valence-corrected chi connectivity index (χ2v) is 9.35. The highest BCUT2D eigenvalue weighted by Gasteiger charge is 2.34. The van der Waals surface area contributed by atoms with Crippen molar-refractivity contribution in [3.8, 4) is 6.07 Å². The van der Waals surface area contributed by atoms with Crippen molar-refractivity contribution >= 4 is 34.0 Å². The molecule has 0 saturated carbocycles. The minimum absolute atomic E-state index is 0.126. The van der Waals surface area contributed by atoms with Crippen molar-refractivity contribution in [2.45, 2.75) is 51.5 Å². The van der Waals surface area contributed by atoms with Crippen LogP contribution in [-0.4, -0.2) is 27.1 Å². The molecule has 138 valence electrons. The summed E-state index contributed by atoms with van der Waals surface area (Å²) in [6.07, 6.45) is 5.75. The maximum atomic E-state index is 12.3. The van der Waals surface area contributed by atoms with E-state index in [-0.39, 0.29) is 11.7 Å². The van der Waals surface area contributed by atoms with Crippen molar-refractivity contribution < 1.29 is 4.79 Å². The smallest absolute Gasteiger partial charge is 0.235 e. The molecule has 0 bridgehead atoms. The molecule has 0 radical (unpaired) electrons. The Hall–Kier alpha value is -1.85. The molecule has 1 atom stereocenters. The highest BCUT2D eigenvalue weighted by molar-refractivity contribution is 7.99. The van der Waals surface area contributed by atoms with E-state index in [1.165, 1.54) is 16.6 Å². The zero-order valence-corrected chi connectivity index (χ0v) is 16.9. The van der Waals surface area contributed by atoms with Crippen LogP contribution in [0.4, 0.5) is 5.00 Å². The van der Waals surface area contributed by atoms with Crippen LogP contribution in [0.25, 0.3) is 0 Å². The van der Waals surface area contributed by atoms with Crippen molar-refractivity contribution in [3.05, 3.63) is 22.2 Å². The summed E-state index contributed by atoms with van der Waals surface area (Å²) in [5.41, 5.74) is 2.09. The number of H-pyrrole nitrogens is 1. The minimum atomic E-state index is -0.126. The number of thiophene rings is 1. The van der Waals surface area contributed by atoms with E-state index in [1.54, 1.807) is 17.5 Å². The Morgan fingerprint density at radius 3 is 3.04 bits per heavy atom. The molecule has 0 saturated heterocycles. The Morgan fingerprint density at radius 1 is 1.58 bits per heavy atom. The number of thioether (sulfide) groups is 1. The van der Waals surface area contributed by atoms with E-state index in [1.807, 2.05) is 0 Å². The van der Waals surface area contributed by atoms with Gasteiger partial charge < -0.3 is 5.32 Å². The van der Waals surface area contributed by atoms with Crippen molar-refractivity contribution in [1.29, 1.82) is 5.26 Å². The summed E-state index contributed by atoms with van der Waals surface area (Å²) < 4.78 is 0. The van der Waals surface area contributed by atoms with Crippen LogP contribution >= 0.6 is 23.1 Å². The van der Waals surface area contributed by atoms with Gasteiger partial charge in [0.15, 0.2) is 0 Å². The Labute approximate surface area is 161 Å². The van der Waals surface area contributed by atoms with Gasteiger partial charge in [0.25, 0.3) is 0 Å². The lowest BCUT2D eigenvalue weighted by Gasteiger charge is -2.36. The molecule has 0 aromatic carbocycles. The van der Waals surface area contributed by atoms with Gasteiger partial charge in [-0.3, -0.25) is 4.79 Å². The third kappa shape index (κ3) is 3.94. The number of rotatable bonds is 6. The summed E-state index contributed by atoms with van der Waals surface area (Å²) in [6.45, 7) is 6.89. The molecule has 2 N–H and O–H groups in total. The fourth-order valence-electron chi connectivity index (χ4n) is 3.31. The molecule has 2 aromatic heterocycles. The molecule has 1 amide bonds. The summed E-state index contributed by atoms with van der Waals surface area (Å²) in [4.78, 5) is 13.5. The second kappa shape index (κ2) is 7.80. The lowest BCUT2D eigenvalue weighted by molar-refractivity contribution is -0.113. The second-order valence-electron chi connectivity index (χ2n) is 7.25. The summed E-state index contributed by atoms with van der Waals surface area (Å²) in [7, 11) is 0. The average molecular weight is 390 g/mol. The molecule has 1 aliphatic carbocycles. The van der Waals surface area contributed by atoms with Crippen LogP contribution in [0.15, 0.2) is 11.2 Å². The number of carbonyl (C=O) groups excluding carboxylic acids is 1. The topological polar surface area (TPSA) is 94.5 Å². The van der Waals surface area contributed by atoms with Gasteiger partial charge in [-0.2, -0.15) is 15.6 Å². The van der Waals surface area contributed by atoms with Gasteiger partial charge in [0.05, 0.1) is 17.5 Å². The van der Waals surface area contributed by atoms with Crippen molar-refractivity contribution in [1.82, 2.24) is 15.4 Å². The van der Waals surface area contributed by atoms with Gasteiger partial charge >= 0.3 is 0 Å². The highest BCUT2D eigenvalue weighted by atomic mass is 32.2. The zero-order valence-electron chi connectivity index (χ0n) is 15.3. The number of hydrogen-bond acceptors (Lipinski definition) is 6. The van der Waals surface area contributed by atoms with Gasteiger partial charge in [-0.25, -0.2) is 0 Å². The van der Waals surface area contributed by atoms with Crippen molar-refractivity contribution in [3.63, 3.8) is 0 Å². The number of hydrogen-bond donors (Lipinski definition) is 2. The molecule has 2 heterocycles. The van der Waals surface area contributed by atoms with Gasteiger partial charge in [-0.05, 0) is 36.2 Å². The molecule has 0 spiro atoms. The maximum absolute atomic E-state index is 12.3. The summed E-state index contributed by atoms with van der Waals surface area (Å²) in [5.74, 6) is 0.737. The Kier molecular flexibility index (Phi) is 5.68. The SMILES string of the molecule is CCC(C)(C)C1CCc2c(sc(NC(=O)CSc3cn[nH]n3)c2C#N)C1. The van der Waals surface area contributed by atoms with Gasteiger partial charge in [-0.1, -0.05) is 39.0 Å². The summed E-state index contributed by atoms with van der Waals surface area (Å²) in [5, 5.41) is 24.1. The normalized spacial score (nSPS) is 16.8. The van der Waals surface area contributed by atoms with E-state index >= 15 is 0 Å². The van der Waals surface area contributed by atoms with E-state index in [2.05, 4.69) is 47.6 Å². The lowest BCUT2D eigenvalue weighted by Crippen LogP contribution is -2.28. The van der Waals surface area contributed by atoms with Crippen LogP contribution < -0.4 is 5.32 Å². The van der Waals surface area contributed by atoms with Gasteiger partial charge in [0.1, 0.15) is 16.1 Å². The van der Waals surface area contributed by atoms with Gasteiger partial charge in [0, 0.05) is 4.88 Å². The molecule has 2 aromatic rings. The zero-order chi connectivity index (χ0) is 18.7. The number of fused-ring (bicyclic) bond motifs is 1. The minimum Gasteiger partial charge on any atom is -0.316 e. The standard InChI is InChI=1S/C18H23N5OS2/c1-4-18(2,3)11-5-6-12-13(8-19)17(26-14(12)7-11)21-15(24)10-25-16-9-20-23-22-16/h9,11H,4-7,10H2,1-3H3,(H,21,24)(H,20,22,23). The quantitative estimate of drug-likeness (QED) is 0.728. The first-order valence-corrected chi connectivity index (χ1v) is 10.6. The fourth-order valence-corrected chi connectivity index (χ4v) is 5.19. The molecule has 0 aliphatic heterocycles. The number of aromatic nitrogens is 3. The Balaban J connectivity index is 1.71. The molecule has 0 fully saturated rings. The lowest BCUT2D eigenvalue weighted by atomic mass is 9.69. The molecule has 8 heteroatoms. The molecular formula is C18H23N5OS2. The van der Waals surface area contributed by atoms with E-state index < -0.39 is 0 Å². The average Bonchev–Trinajstić information content (AvgIpc) is 3.26. The molecule has 3 rings (SSSR count). The third-order valence-corrected chi connectivity index (χ3v) is 7.46. The molecule has 6 nitrogen and oxygen atoms in total. The number of nitrogens with zero attached hydrogens (tertiary/aromatic N) is 3. The highest BCUT2D eigenvalue weighted by Crippen LogP contribution is 2.45. The van der Waals surface area contributed by atoms with Crippen molar-refractivity contribution in [2.75, 3.05) is 11.1 Å². The van der Waals surface area contributed by atoms with Crippen LogP contribution in [-0.2, 0) is 17.6 Å². The predicted molar refractivity (Wildman–Crippen MR) is 104 cm³/mol. The van der Waals surface area contributed by atoms with E-state index in [0.29, 0.717) is 26.9 Å². The first kappa shape index (κ1) is 18.9. The van der Waals surface area contributed by atoms with Crippen LogP contribution in [0.1, 0.15) is 49.6 Å². The number of amides is 1. The Bertz CT molecular complexity index is 819. The fraction of sp³-hybridized carbons (Fsp3) is 0.556. The van der Waals surface area contributed by atoms with Crippen LogP contribution in [0.2, 0.25) is 0 Å². The van der Waals surface area contributed by atoms with Gasteiger partial charge in [0.2, 0.25) is 5.91 Å². The van der Waals surface area contributed by atoms with E-state index in [9.17, 15) is 10.1 Å². The number of nitrogens with one attached hydrogen (secondary N) is 2. The van der Waals surface area contributed by atoms with E-state index in [0.717, 1.165) is 31.2 Å². The van der Waals surface area contributed by atoms with Crippen LogP contribution in [0.5, 0.6) is 0 Å². The van der Waals surface area contributed by atoms with Crippen LogP contribution in [0.3, 0.4) is 0 Å². The van der Waals surface area contributed by atoms with Crippen LogP contribution in [0, 0.1) is 22.7 Å². The monoisotopic (exact) mass is 389 g/mol. The maximum Gasteiger partial charge on any atom is 0.235 e. The first-order valence-electron chi connectivity index (χ1n) is 8.77. The van der Waals surface area contributed by atoms with Crippen molar-refractivity contribution in [2.24, 2.45) is 11.3 Å². The Morgan fingerprint density at radius 2 is 2.38 bits per heavy atom. The third-order valence-electron chi connectivity index (χ3n) is 5.39. The predicted octanol–water partition coefficient (Wildman–Crippen LogP) is 4.01. The molecular weight excluding hydrogens is 366 g/mol. The summed E-state index contributed by atoms with van der Waals surface area (Å²) in [6, 6.07) is 2.31. The largest absolute Gasteiger partial charge is 0.316 e. The summed E-state index contributed by atoms with van der Waals surface area (Å²) >= 11 is 2.89. The number of aromatic amines is 1. The first-order chi connectivity index (χ1) is 12.4. The molecule has 26 heavy (non-hydrogen) atoms. The number of anilines is 1. The van der Waals surface area contributed by atoms with Gasteiger partial charge in [-0.15, -0.1) is 16.4 Å². The molecule has 1 aliphatic rings. The van der Waals surface area contributed by atoms with E-state index in [4.69, 9.17) is 0 Å².